The predicted molar refractivity (Wildman–Crippen MR) is 249 cm³/mol. The molecule has 1 heteroatoms. The van der Waals surface area contributed by atoms with Gasteiger partial charge in [-0.3, -0.25) is 0 Å². The van der Waals surface area contributed by atoms with E-state index in [1.54, 1.807) is 0 Å². The molecule has 274 valence electrons. The summed E-state index contributed by atoms with van der Waals surface area (Å²) in [5, 5.41) is 10.3. The number of hydrogen-bond acceptors (Lipinski definition) is 1. The van der Waals surface area contributed by atoms with E-state index in [4.69, 9.17) is 0 Å². The van der Waals surface area contributed by atoms with Crippen LogP contribution in [-0.2, 0) is 6.42 Å². The number of aryl methyl sites for hydroxylation is 2. The monoisotopic (exact) mass is 739 g/mol. The van der Waals surface area contributed by atoms with Crippen LogP contribution < -0.4 is 4.90 Å². The maximum atomic E-state index is 2.55. The van der Waals surface area contributed by atoms with Crippen LogP contribution in [0.2, 0.25) is 0 Å². The smallest absolute Gasteiger partial charge is 0.0543 e. The van der Waals surface area contributed by atoms with Gasteiger partial charge in [0.25, 0.3) is 0 Å². The molecule has 0 bridgehead atoms. The van der Waals surface area contributed by atoms with E-state index in [9.17, 15) is 0 Å². The summed E-state index contributed by atoms with van der Waals surface area (Å²) in [6.45, 7) is 2.20. The molecule has 0 saturated carbocycles. The fourth-order valence-electron chi connectivity index (χ4n) is 9.63. The highest BCUT2D eigenvalue weighted by atomic mass is 15.2. The fourth-order valence-corrected chi connectivity index (χ4v) is 9.63. The summed E-state index contributed by atoms with van der Waals surface area (Å²) < 4.78 is 0. The second kappa shape index (κ2) is 14.1. The molecule has 0 spiro atoms. The first-order valence-electron chi connectivity index (χ1n) is 20.4. The van der Waals surface area contributed by atoms with Gasteiger partial charge in [-0.25, -0.2) is 0 Å². The molecule has 0 saturated heterocycles. The number of hydrogen-bond donors (Lipinski definition) is 0. The molecule has 1 aliphatic rings. The van der Waals surface area contributed by atoms with E-state index in [0.29, 0.717) is 0 Å². The summed E-state index contributed by atoms with van der Waals surface area (Å²) in [5.74, 6) is 0. The van der Waals surface area contributed by atoms with Gasteiger partial charge in [0, 0.05) is 16.8 Å². The number of benzene rings is 10. The maximum Gasteiger partial charge on any atom is 0.0543 e. The topological polar surface area (TPSA) is 3.24 Å². The van der Waals surface area contributed by atoms with E-state index in [1.165, 1.54) is 110 Å². The molecule has 0 aromatic heterocycles. The van der Waals surface area contributed by atoms with Crippen LogP contribution in [0.5, 0.6) is 0 Å². The van der Waals surface area contributed by atoms with Gasteiger partial charge in [0.1, 0.15) is 0 Å². The van der Waals surface area contributed by atoms with Crippen molar-refractivity contribution in [3.63, 3.8) is 0 Å². The lowest BCUT2D eigenvalue weighted by atomic mass is 9.78. The molecule has 0 heterocycles. The Morgan fingerprint density at radius 2 is 1.00 bits per heavy atom. The van der Waals surface area contributed by atoms with Crippen molar-refractivity contribution in [3.05, 3.63) is 223 Å². The zero-order valence-corrected chi connectivity index (χ0v) is 32.5. The minimum absolute atomic E-state index is 0.894. The summed E-state index contributed by atoms with van der Waals surface area (Å²) in [6.07, 6.45) is 4.33. The van der Waals surface area contributed by atoms with Gasteiger partial charge in [-0.1, -0.05) is 176 Å². The van der Waals surface area contributed by atoms with Crippen molar-refractivity contribution in [2.24, 2.45) is 0 Å². The third-order valence-electron chi connectivity index (χ3n) is 12.1. The van der Waals surface area contributed by atoms with Crippen molar-refractivity contribution in [1.82, 2.24) is 0 Å². The minimum atomic E-state index is 0.894. The average Bonchev–Trinajstić information content (AvgIpc) is 3.29. The Balaban J connectivity index is 1.26. The van der Waals surface area contributed by atoms with Crippen LogP contribution in [0, 0.1) is 6.92 Å². The van der Waals surface area contributed by atoms with Gasteiger partial charge < -0.3 is 4.90 Å². The van der Waals surface area contributed by atoms with Gasteiger partial charge in [-0.2, -0.15) is 0 Å². The molecule has 0 radical (unpaired) electrons. The number of allylic oxidation sites excluding steroid dienone is 1. The zero-order chi connectivity index (χ0) is 38.6. The van der Waals surface area contributed by atoms with Crippen molar-refractivity contribution in [2.75, 3.05) is 4.90 Å². The first kappa shape index (κ1) is 34.1. The SMILES string of the molecule is Cc1cccc(N(C2=Cc3c(c4c(-c5ccccc5)cc(-c5ccccc5)c(-c5ccccc5)c4c4ccccc34)CC2)c2cc3ccccc3c3ccccc23)c1. The molecular formula is C57H41N. The van der Waals surface area contributed by atoms with E-state index >= 15 is 0 Å². The molecule has 1 nitrogen and oxygen atoms in total. The van der Waals surface area contributed by atoms with E-state index in [1.807, 2.05) is 0 Å². The minimum Gasteiger partial charge on any atom is -0.314 e. The number of anilines is 2. The van der Waals surface area contributed by atoms with Gasteiger partial charge in [0.2, 0.25) is 0 Å². The van der Waals surface area contributed by atoms with Gasteiger partial charge >= 0.3 is 0 Å². The van der Waals surface area contributed by atoms with E-state index in [2.05, 4.69) is 218 Å². The van der Waals surface area contributed by atoms with Crippen LogP contribution in [0.3, 0.4) is 0 Å². The number of rotatable bonds is 6. The second-order valence-electron chi connectivity index (χ2n) is 15.6. The second-order valence-corrected chi connectivity index (χ2v) is 15.6. The predicted octanol–water partition coefficient (Wildman–Crippen LogP) is 15.7. The van der Waals surface area contributed by atoms with E-state index in [-0.39, 0.29) is 0 Å². The standard InChI is InChI=1S/C57H41N/c1-38-18-17-26-43(34-38)58(54-35-42-25-11-12-27-45(42)46-28-13-15-30-48(46)54)44-32-33-50-53(36-44)47-29-14-16-31-49(47)57-55(41-23-9-4-10-24-41)51(39-19-5-2-6-20-39)37-52(56(50)57)40-21-7-3-8-22-40/h2-31,34-37H,32-33H2,1H3. The molecule has 0 fully saturated rings. The highest BCUT2D eigenvalue weighted by Gasteiger charge is 2.28. The quantitative estimate of drug-likeness (QED) is 0.154. The summed E-state index contributed by atoms with van der Waals surface area (Å²) >= 11 is 0. The Morgan fingerprint density at radius 3 is 1.71 bits per heavy atom. The third-order valence-corrected chi connectivity index (χ3v) is 12.1. The lowest BCUT2D eigenvalue weighted by Crippen LogP contribution is -2.20. The Hall–Kier alpha value is -7.22. The Morgan fingerprint density at radius 1 is 0.414 bits per heavy atom. The summed E-state index contributed by atoms with van der Waals surface area (Å²) in [6, 6.07) is 73.8. The molecule has 10 aromatic rings. The van der Waals surface area contributed by atoms with Crippen LogP contribution in [0.1, 0.15) is 23.1 Å². The van der Waals surface area contributed by atoms with Crippen LogP contribution in [-0.4, -0.2) is 0 Å². The highest BCUT2D eigenvalue weighted by molar-refractivity contribution is 6.25. The van der Waals surface area contributed by atoms with Crippen LogP contribution in [0.4, 0.5) is 11.4 Å². The first-order chi connectivity index (χ1) is 28.7. The molecular weight excluding hydrogens is 699 g/mol. The molecule has 0 N–H and O–H groups in total. The zero-order valence-electron chi connectivity index (χ0n) is 32.5. The van der Waals surface area contributed by atoms with Crippen LogP contribution >= 0.6 is 0 Å². The van der Waals surface area contributed by atoms with Crippen molar-refractivity contribution < 1.29 is 0 Å². The highest BCUT2D eigenvalue weighted by Crippen LogP contribution is 2.51. The van der Waals surface area contributed by atoms with Crippen molar-refractivity contribution in [1.29, 1.82) is 0 Å². The molecule has 10 aromatic carbocycles. The molecule has 0 atom stereocenters. The molecule has 0 aliphatic heterocycles. The van der Waals surface area contributed by atoms with Gasteiger partial charge in [0.05, 0.1) is 5.69 Å². The Labute approximate surface area is 339 Å². The molecule has 0 unspecified atom stereocenters. The van der Waals surface area contributed by atoms with Crippen LogP contribution in [0.15, 0.2) is 206 Å². The molecule has 1 aliphatic carbocycles. The molecule has 0 amide bonds. The summed E-state index contributed by atoms with van der Waals surface area (Å²) in [7, 11) is 0. The normalized spacial score (nSPS) is 12.5. The summed E-state index contributed by atoms with van der Waals surface area (Å²) in [5.41, 5.74) is 15.2. The lowest BCUT2D eigenvalue weighted by Gasteiger charge is -2.33. The van der Waals surface area contributed by atoms with E-state index in [0.717, 1.165) is 12.8 Å². The Kier molecular flexibility index (Phi) is 8.26. The largest absolute Gasteiger partial charge is 0.314 e. The van der Waals surface area contributed by atoms with Crippen molar-refractivity contribution in [3.8, 4) is 33.4 Å². The maximum absolute atomic E-state index is 2.55. The molecule has 58 heavy (non-hydrogen) atoms. The average molecular weight is 740 g/mol. The van der Waals surface area contributed by atoms with Crippen LogP contribution in [0.25, 0.3) is 82.5 Å². The van der Waals surface area contributed by atoms with E-state index < -0.39 is 0 Å². The number of nitrogens with zero attached hydrogens (tertiary/aromatic N) is 1. The first-order valence-corrected chi connectivity index (χ1v) is 20.4. The third kappa shape index (κ3) is 5.62. The van der Waals surface area contributed by atoms with Gasteiger partial charge in [0.15, 0.2) is 0 Å². The van der Waals surface area contributed by atoms with Gasteiger partial charge in [-0.05, 0) is 138 Å². The fraction of sp³-hybridized carbons (Fsp3) is 0.0526. The molecule has 11 rings (SSSR count). The van der Waals surface area contributed by atoms with Crippen molar-refractivity contribution in [2.45, 2.75) is 19.8 Å². The number of fused-ring (bicyclic) bond motifs is 9. The van der Waals surface area contributed by atoms with Crippen molar-refractivity contribution >= 4 is 60.5 Å². The summed E-state index contributed by atoms with van der Waals surface area (Å²) in [4.78, 5) is 2.55. The Bertz CT molecular complexity index is 3210. The van der Waals surface area contributed by atoms with Gasteiger partial charge in [-0.15, -0.1) is 0 Å². The lowest BCUT2D eigenvalue weighted by molar-refractivity contribution is 0.904.